The Morgan fingerprint density at radius 2 is 2.08 bits per heavy atom. The summed E-state index contributed by atoms with van der Waals surface area (Å²) in [5, 5.41) is 11.9. The van der Waals surface area contributed by atoms with E-state index in [2.05, 4.69) is 5.32 Å². The van der Waals surface area contributed by atoms with E-state index in [1.165, 1.54) is 6.92 Å². The van der Waals surface area contributed by atoms with Crippen LogP contribution in [0.5, 0.6) is 0 Å². The Bertz CT molecular complexity index is 175. The minimum absolute atomic E-state index is 0.694. The second-order valence-electron chi connectivity index (χ2n) is 3.19. The Hall–Kier alpha value is -0.650. The molecule has 1 rings (SSSR count). The molecule has 0 bridgehead atoms. The van der Waals surface area contributed by atoms with E-state index in [-0.39, 0.29) is 0 Å². The van der Waals surface area contributed by atoms with Gasteiger partial charge in [0.25, 0.3) is 0 Å². The highest BCUT2D eigenvalue weighted by atomic mass is 16.4. The molecule has 1 aliphatic rings. The molecule has 0 aliphatic carbocycles. The monoisotopic (exact) mass is 173 g/mol. The number of nitrogens with one attached hydrogen (secondary N) is 1. The van der Waals surface area contributed by atoms with Crippen molar-refractivity contribution in [2.45, 2.75) is 12.6 Å². The molecule has 5 heteroatoms. The number of rotatable bonds is 2. The van der Waals surface area contributed by atoms with Gasteiger partial charge in [0.2, 0.25) is 0 Å². The fraction of sp³-hybridized carbons (Fsp3) is 0.857. The summed E-state index contributed by atoms with van der Waals surface area (Å²) in [6.07, 6.45) is 0. The van der Waals surface area contributed by atoms with Crippen LogP contribution in [-0.4, -0.2) is 47.8 Å². The zero-order valence-electron chi connectivity index (χ0n) is 7.21. The third-order valence-electron chi connectivity index (χ3n) is 2.21. The molecule has 5 nitrogen and oxygen atoms in total. The number of hydrogen-bond donors (Lipinski definition) is 3. The zero-order valence-corrected chi connectivity index (χ0v) is 7.21. The zero-order chi connectivity index (χ0) is 9.19. The van der Waals surface area contributed by atoms with Crippen LogP contribution in [0.2, 0.25) is 0 Å². The Labute approximate surface area is 71.5 Å². The van der Waals surface area contributed by atoms with Gasteiger partial charge in [0.15, 0.2) is 5.66 Å². The maximum Gasteiger partial charge on any atom is 0.338 e. The van der Waals surface area contributed by atoms with Crippen LogP contribution in [0.3, 0.4) is 0 Å². The van der Waals surface area contributed by atoms with Gasteiger partial charge in [-0.3, -0.25) is 4.90 Å². The van der Waals surface area contributed by atoms with Gasteiger partial charge in [0, 0.05) is 26.2 Å². The van der Waals surface area contributed by atoms with Crippen molar-refractivity contribution < 1.29 is 9.90 Å². The molecule has 1 saturated heterocycles. The standard InChI is InChI=1S/C7H15N3O2/c1-7(8,6(11)12)10-4-2-9-3-5-10/h9H,2-5,8H2,1H3,(H,11,12)/t7-/m1/s1. The van der Waals surface area contributed by atoms with Gasteiger partial charge in [0.1, 0.15) is 0 Å². The van der Waals surface area contributed by atoms with Gasteiger partial charge in [0.05, 0.1) is 0 Å². The molecular formula is C7H15N3O2. The molecule has 4 N–H and O–H groups in total. The molecule has 0 aromatic heterocycles. The summed E-state index contributed by atoms with van der Waals surface area (Å²) in [6, 6.07) is 0. The van der Waals surface area contributed by atoms with Gasteiger partial charge in [-0.25, -0.2) is 4.79 Å². The van der Waals surface area contributed by atoms with E-state index in [0.717, 1.165) is 13.1 Å². The van der Waals surface area contributed by atoms with Crippen LogP contribution in [0.4, 0.5) is 0 Å². The minimum Gasteiger partial charge on any atom is -0.479 e. The van der Waals surface area contributed by atoms with Gasteiger partial charge < -0.3 is 16.2 Å². The summed E-state index contributed by atoms with van der Waals surface area (Å²) in [6.45, 7) is 4.53. The Morgan fingerprint density at radius 1 is 1.58 bits per heavy atom. The van der Waals surface area contributed by atoms with E-state index >= 15 is 0 Å². The number of carboxylic acids is 1. The first kappa shape index (κ1) is 9.44. The Morgan fingerprint density at radius 3 is 2.50 bits per heavy atom. The lowest BCUT2D eigenvalue weighted by Gasteiger charge is -2.37. The van der Waals surface area contributed by atoms with Crippen LogP contribution < -0.4 is 11.1 Å². The van der Waals surface area contributed by atoms with Crippen molar-refractivity contribution in [1.29, 1.82) is 0 Å². The van der Waals surface area contributed by atoms with Crippen LogP contribution in [0.25, 0.3) is 0 Å². The lowest BCUT2D eigenvalue weighted by atomic mass is 10.1. The largest absolute Gasteiger partial charge is 0.479 e. The van der Waals surface area contributed by atoms with E-state index in [9.17, 15) is 4.79 Å². The molecule has 0 aromatic carbocycles. The van der Waals surface area contributed by atoms with E-state index < -0.39 is 11.6 Å². The molecule has 1 heterocycles. The van der Waals surface area contributed by atoms with Crippen LogP contribution >= 0.6 is 0 Å². The van der Waals surface area contributed by atoms with Crippen molar-refractivity contribution in [3.63, 3.8) is 0 Å². The lowest BCUT2D eigenvalue weighted by molar-refractivity contribution is -0.150. The Balaban J connectivity index is 2.59. The molecule has 70 valence electrons. The number of aliphatic carboxylic acids is 1. The summed E-state index contributed by atoms with van der Waals surface area (Å²) in [4.78, 5) is 12.5. The summed E-state index contributed by atoms with van der Waals surface area (Å²) < 4.78 is 0. The summed E-state index contributed by atoms with van der Waals surface area (Å²) >= 11 is 0. The van der Waals surface area contributed by atoms with Gasteiger partial charge in [-0.2, -0.15) is 0 Å². The average molecular weight is 173 g/mol. The summed E-state index contributed by atoms with van der Waals surface area (Å²) in [5.41, 5.74) is 4.41. The predicted molar refractivity (Wildman–Crippen MR) is 44.7 cm³/mol. The van der Waals surface area contributed by atoms with E-state index in [1.54, 1.807) is 4.90 Å². The number of hydrogen-bond acceptors (Lipinski definition) is 4. The number of carboxylic acid groups (broad SMARTS) is 1. The van der Waals surface area contributed by atoms with Gasteiger partial charge in [-0.05, 0) is 6.92 Å². The van der Waals surface area contributed by atoms with Crippen LogP contribution in [-0.2, 0) is 4.79 Å². The van der Waals surface area contributed by atoms with Crippen molar-refractivity contribution in [3.05, 3.63) is 0 Å². The molecule has 0 amide bonds. The number of piperazine rings is 1. The molecule has 0 aromatic rings. The number of nitrogens with zero attached hydrogens (tertiary/aromatic N) is 1. The average Bonchev–Trinajstić information content (AvgIpc) is 2.06. The molecular weight excluding hydrogens is 158 g/mol. The Kier molecular flexibility index (Phi) is 2.66. The maximum atomic E-state index is 10.7. The van der Waals surface area contributed by atoms with E-state index in [1.807, 2.05) is 0 Å². The molecule has 12 heavy (non-hydrogen) atoms. The molecule has 1 aliphatic heterocycles. The fourth-order valence-electron chi connectivity index (χ4n) is 1.26. The molecule has 0 radical (unpaired) electrons. The molecule has 0 saturated carbocycles. The van der Waals surface area contributed by atoms with Crippen molar-refractivity contribution in [3.8, 4) is 0 Å². The van der Waals surface area contributed by atoms with Crippen molar-refractivity contribution in [1.82, 2.24) is 10.2 Å². The highest BCUT2D eigenvalue weighted by Gasteiger charge is 2.35. The quantitative estimate of drug-likeness (QED) is 0.481. The topological polar surface area (TPSA) is 78.6 Å². The summed E-state index contributed by atoms with van der Waals surface area (Å²) in [7, 11) is 0. The summed E-state index contributed by atoms with van der Waals surface area (Å²) in [5.74, 6) is -0.968. The third kappa shape index (κ3) is 1.74. The van der Waals surface area contributed by atoms with Crippen molar-refractivity contribution in [2.75, 3.05) is 26.2 Å². The predicted octanol–water partition coefficient (Wildman–Crippen LogP) is -1.35. The lowest BCUT2D eigenvalue weighted by Crippen LogP contribution is -2.63. The van der Waals surface area contributed by atoms with Crippen LogP contribution in [0.15, 0.2) is 0 Å². The van der Waals surface area contributed by atoms with Crippen LogP contribution in [0.1, 0.15) is 6.92 Å². The minimum atomic E-state index is -1.22. The third-order valence-corrected chi connectivity index (χ3v) is 2.21. The van der Waals surface area contributed by atoms with E-state index in [0.29, 0.717) is 13.1 Å². The first-order valence-corrected chi connectivity index (χ1v) is 4.03. The number of nitrogens with two attached hydrogens (primary N) is 1. The normalized spacial score (nSPS) is 24.8. The molecule has 1 fully saturated rings. The van der Waals surface area contributed by atoms with Gasteiger partial charge in [-0.15, -0.1) is 0 Å². The molecule has 1 atom stereocenters. The van der Waals surface area contributed by atoms with E-state index in [4.69, 9.17) is 10.8 Å². The smallest absolute Gasteiger partial charge is 0.338 e. The van der Waals surface area contributed by atoms with Gasteiger partial charge >= 0.3 is 5.97 Å². The highest BCUT2D eigenvalue weighted by Crippen LogP contribution is 2.08. The first-order valence-electron chi connectivity index (χ1n) is 4.03. The van der Waals surface area contributed by atoms with Crippen LogP contribution in [0, 0.1) is 0 Å². The fourth-order valence-corrected chi connectivity index (χ4v) is 1.26. The first-order chi connectivity index (χ1) is 5.55. The van der Waals surface area contributed by atoms with Gasteiger partial charge in [-0.1, -0.05) is 0 Å². The highest BCUT2D eigenvalue weighted by molar-refractivity contribution is 5.77. The molecule has 0 unspecified atom stereocenters. The second-order valence-corrected chi connectivity index (χ2v) is 3.19. The maximum absolute atomic E-state index is 10.7. The molecule has 0 spiro atoms. The second kappa shape index (κ2) is 3.38. The van der Waals surface area contributed by atoms with Crippen molar-refractivity contribution in [2.24, 2.45) is 5.73 Å². The SMILES string of the molecule is C[C@](N)(C(=O)O)N1CCNCC1. The number of carbonyl (C=O) groups is 1. The van der Waals surface area contributed by atoms with Crippen molar-refractivity contribution >= 4 is 5.97 Å².